The monoisotopic (exact) mass is 300 g/mol. The number of hydrogen-bond donors (Lipinski definition) is 3. The van der Waals surface area contributed by atoms with Crippen LogP contribution in [-0.4, -0.2) is 30.4 Å². The van der Waals surface area contributed by atoms with Crippen molar-refractivity contribution in [3.63, 3.8) is 0 Å². The number of rotatable bonds is 6. The first-order valence-corrected chi connectivity index (χ1v) is 6.97. The molecule has 2 atom stereocenters. The van der Waals surface area contributed by atoms with Crippen molar-refractivity contribution in [1.82, 2.24) is 5.32 Å². The quantitative estimate of drug-likeness (QED) is 0.756. The molecule has 0 aliphatic rings. The molecule has 6 heteroatoms. The van der Waals surface area contributed by atoms with Crippen molar-refractivity contribution in [2.45, 2.75) is 26.8 Å². The summed E-state index contributed by atoms with van der Waals surface area (Å²) in [4.78, 5) is 11.9. The predicted octanol–water partition coefficient (Wildman–Crippen LogP) is 2.88. The van der Waals surface area contributed by atoms with Crippen LogP contribution in [0, 0.1) is 5.92 Å². The second kappa shape index (κ2) is 7.97. The standard InChI is InChI=1S/C14H21ClN2O3/c1-4-20-13-11(15)6-5-7-12(13)17-14(19)16-10(3)9(2)8-18/h5-7,9-10,18H,4,8H2,1-3H3,(H2,16,17,19). The van der Waals surface area contributed by atoms with Gasteiger partial charge in [0.25, 0.3) is 0 Å². The van der Waals surface area contributed by atoms with E-state index in [-0.39, 0.29) is 24.6 Å². The number of para-hydroxylation sites is 1. The lowest BCUT2D eigenvalue weighted by Gasteiger charge is -2.20. The Kier molecular flexibility index (Phi) is 6.61. The number of carbonyl (C=O) groups excluding carboxylic acids is 1. The number of benzene rings is 1. The molecule has 1 aromatic rings. The van der Waals surface area contributed by atoms with Crippen molar-refractivity contribution in [1.29, 1.82) is 0 Å². The zero-order chi connectivity index (χ0) is 15.1. The fourth-order valence-electron chi connectivity index (χ4n) is 1.56. The zero-order valence-electron chi connectivity index (χ0n) is 11.9. The Hall–Kier alpha value is -1.46. The molecule has 0 saturated carbocycles. The van der Waals surface area contributed by atoms with Crippen molar-refractivity contribution < 1.29 is 14.6 Å². The van der Waals surface area contributed by atoms with Gasteiger partial charge >= 0.3 is 6.03 Å². The fourth-order valence-corrected chi connectivity index (χ4v) is 1.79. The highest BCUT2D eigenvalue weighted by atomic mass is 35.5. The maximum atomic E-state index is 11.9. The number of carbonyl (C=O) groups is 1. The molecule has 3 N–H and O–H groups in total. The van der Waals surface area contributed by atoms with Gasteiger partial charge in [0.1, 0.15) is 0 Å². The summed E-state index contributed by atoms with van der Waals surface area (Å²) in [5.74, 6) is 0.432. The van der Waals surface area contributed by atoms with Crippen LogP contribution in [-0.2, 0) is 0 Å². The summed E-state index contributed by atoms with van der Waals surface area (Å²) >= 11 is 6.04. The maximum absolute atomic E-state index is 11.9. The Bertz CT molecular complexity index is 454. The molecule has 5 nitrogen and oxygen atoms in total. The molecule has 0 spiro atoms. The molecule has 0 bridgehead atoms. The van der Waals surface area contributed by atoms with E-state index in [9.17, 15) is 4.79 Å². The molecular weight excluding hydrogens is 280 g/mol. The first-order valence-electron chi connectivity index (χ1n) is 6.59. The number of ether oxygens (including phenoxy) is 1. The van der Waals surface area contributed by atoms with Crippen LogP contribution in [0.5, 0.6) is 5.75 Å². The van der Waals surface area contributed by atoms with Gasteiger partial charge in [-0.1, -0.05) is 24.6 Å². The van der Waals surface area contributed by atoms with Crippen LogP contribution in [0.1, 0.15) is 20.8 Å². The van der Waals surface area contributed by atoms with Gasteiger partial charge < -0.3 is 20.5 Å². The zero-order valence-corrected chi connectivity index (χ0v) is 12.7. The fraction of sp³-hybridized carbons (Fsp3) is 0.500. The van der Waals surface area contributed by atoms with Crippen molar-refractivity contribution in [3.8, 4) is 5.75 Å². The van der Waals surface area contributed by atoms with E-state index in [1.165, 1.54) is 0 Å². The topological polar surface area (TPSA) is 70.6 Å². The van der Waals surface area contributed by atoms with Crippen molar-refractivity contribution in [3.05, 3.63) is 23.2 Å². The predicted molar refractivity (Wildman–Crippen MR) is 80.5 cm³/mol. The Labute approximate surface area is 124 Å². The molecule has 112 valence electrons. The minimum Gasteiger partial charge on any atom is -0.490 e. The van der Waals surface area contributed by atoms with E-state index in [4.69, 9.17) is 21.4 Å². The number of amides is 2. The number of urea groups is 1. The highest BCUT2D eigenvalue weighted by Gasteiger charge is 2.16. The van der Waals surface area contributed by atoms with E-state index in [0.29, 0.717) is 23.1 Å². The maximum Gasteiger partial charge on any atom is 0.319 e. The summed E-state index contributed by atoms with van der Waals surface area (Å²) in [6.45, 7) is 6.01. The van der Waals surface area contributed by atoms with Crippen LogP contribution in [0.2, 0.25) is 5.02 Å². The van der Waals surface area contributed by atoms with Gasteiger partial charge in [-0.2, -0.15) is 0 Å². The minimum absolute atomic E-state index is 0.0167. The summed E-state index contributed by atoms with van der Waals surface area (Å²) in [6.07, 6.45) is 0. The highest BCUT2D eigenvalue weighted by molar-refractivity contribution is 6.32. The molecule has 0 heterocycles. The average Bonchev–Trinajstić information content (AvgIpc) is 2.41. The van der Waals surface area contributed by atoms with E-state index in [1.807, 2.05) is 20.8 Å². The first-order chi connectivity index (χ1) is 9.49. The van der Waals surface area contributed by atoms with Crippen LogP contribution < -0.4 is 15.4 Å². The normalized spacial score (nSPS) is 13.4. The van der Waals surface area contributed by atoms with Crippen molar-refractivity contribution in [2.75, 3.05) is 18.5 Å². The average molecular weight is 301 g/mol. The molecular formula is C14H21ClN2O3. The molecule has 1 aromatic carbocycles. The number of hydrogen-bond acceptors (Lipinski definition) is 3. The summed E-state index contributed by atoms with van der Waals surface area (Å²) in [6, 6.07) is 4.65. The van der Waals surface area contributed by atoms with Crippen LogP contribution >= 0.6 is 11.6 Å². The Morgan fingerprint density at radius 2 is 2.15 bits per heavy atom. The van der Waals surface area contributed by atoms with Gasteiger partial charge in [0, 0.05) is 12.6 Å². The number of anilines is 1. The summed E-state index contributed by atoms with van der Waals surface area (Å²) < 4.78 is 5.43. The number of aliphatic hydroxyl groups excluding tert-OH is 1. The Morgan fingerprint density at radius 3 is 2.75 bits per heavy atom. The van der Waals surface area contributed by atoms with E-state index in [2.05, 4.69) is 10.6 Å². The molecule has 1 rings (SSSR count). The Morgan fingerprint density at radius 1 is 1.45 bits per heavy atom. The Balaban J connectivity index is 2.73. The van der Waals surface area contributed by atoms with E-state index in [1.54, 1.807) is 18.2 Å². The lowest BCUT2D eigenvalue weighted by Crippen LogP contribution is -2.40. The molecule has 2 unspecified atom stereocenters. The minimum atomic E-state index is -0.360. The van der Waals surface area contributed by atoms with Crippen molar-refractivity contribution >= 4 is 23.3 Å². The molecule has 2 amide bonds. The van der Waals surface area contributed by atoms with Gasteiger partial charge in [-0.15, -0.1) is 0 Å². The molecule has 0 aromatic heterocycles. The van der Waals surface area contributed by atoms with Crippen LogP contribution in [0.15, 0.2) is 18.2 Å². The number of aliphatic hydroxyl groups is 1. The lowest BCUT2D eigenvalue weighted by molar-refractivity contribution is 0.204. The summed E-state index contributed by atoms with van der Waals surface area (Å²) in [7, 11) is 0. The van der Waals surface area contributed by atoms with Crippen molar-refractivity contribution in [2.24, 2.45) is 5.92 Å². The molecule has 20 heavy (non-hydrogen) atoms. The second-order valence-corrected chi connectivity index (χ2v) is 5.00. The second-order valence-electron chi connectivity index (χ2n) is 4.60. The van der Waals surface area contributed by atoms with Crippen LogP contribution in [0.25, 0.3) is 0 Å². The van der Waals surface area contributed by atoms with Gasteiger partial charge in [0.05, 0.1) is 17.3 Å². The van der Waals surface area contributed by atoms with E-state index in [0.717, 1.165) is 0 Å². The molecule has 0 aliphatic carbocycles. The van der Waals surface area contributed by atoms with Gasteiger partial charge in [-0.05, 0) is 31.9 Å². The van der Waals surface area contributed by atoms with Crippen LogP contribution in [0.4, 0.5) is 10.5 Å². The van der Waals surface area contributed by atoms with Gasteiger partial charge in [0.15, 0.2) is 5.75 Å². The highest BCUT2D eigenvalue weighted by Crippen LogP contribution is 2.32. The third-order valence-electron chi connectivity index (χ3n) is 3.00. The van der Waals surface area contributed by atoms with Gasteiger partial charge in [-0.25, -0.2) is 4.79 Å². The molecule has 0 saturated heterocycles. The molecule has 0 fully saturated rings. The summed E-state index contributed by atoms with van der Waals surface area (Å²) in [5.41, 5.74) is 0.515. The third-order valence-corrected chi connectivity index (χ3v) is 3.30. The SMILES string of the molecule is CCOc1c(Cl)cccc1NC(=O)NC(C)C(C)CO. The number of nitrogens with one attached hydrogen (secondary N) is 2. The van der Waals surface area contributed by atoms with Gasteiger partial charge in [0.2, 0.25) is 0 Å². The first kappa shape index (κ1) is 16.6. The molecule has 0 radical (unpaired) electrons. The summed E-state index contributed by atoms with van der Waals surface area (Å²) in [5, 5.41) is 15.0. The lowest BCUT2D eigenvalue weighted by atomic mass is 10.1. The van der Waals surface area contributed by atoms with E-state index >= 15 is 0 Å². The van der Waals surface area contributed by atoms with Crippen LogP contribution in [0.3, 0.4) is 0 Å². The van der Waals surface area contributed by atoms with E-state index < -0.39 is 0 Å². The number of halogens is 1. The third kappa shape index (κ3) is 4.58. The smallest absolute Gasteiger partial charge is 0.319 e. The molecule has 0 aliphatic heterocycles. The largest absolute Gasteiger partial charge is 0.490 e. The van der Waals surface area contributed by atoms with Gasteiger partial charge in [-0.3, -0.25) is 0 Å².